The first-order chi connectivity index (χ1) is 15.6. The molecular formula is C28H32N2O2. The number of carbonyl (C=O) groups is 1. The fourth-order valence-corrected chi connectivity index (χ4v) is 4.14. The van der Waals surface area contributed by atoms with Crippen LogP contribution in [0.2, 0.25) is 0 Å². The Morgan fingerprint density at radius 3 is 2.28 bits per heavy atom. The lowest BCUT2D eigenvalue weighted by atomic mass is 10.1. The van der Waals surface area contributed by atoms with Gasteiger partial charge in [-0.05, 0) is 54.3 Å². The van der Waals surface area contributed by atoms with Gasteiger partial charge in [0.05, 0.1) is 0 Å². The lowest BCUT2D eigenvalue weighted by Crippen LogP contribution is -2.48. The monoisotopic (exact) mass is 428 g/mol. The fraction of sp³-hybridized carbons (Fsp3) is 0.321. The summed E-state index contributed by atoms with van der Waals surface area (Å²) < 4.78 is 5.92. The van der Waals surface area contributed by atoms with E-state index in [2.05, 4.69) is 55.1 Å². The van der Waals surface area contributed by atoms with Crippen LogP contribution in [0.1, 0.15) is 39.5 Å². The molecule has 4 nitrogen and oxygen atoms in total. The van der Waals surface area contributed by atoms with Crippen LogP contribution in [0, 0.1) is 6.92 Å². The molecule has 1 amide bonds. The summed E-state index contributed by atoms with van der Waals surface area (Å²) in [5.74, 6) is 0.956. The Morgan fingerprint density at radius 1 is 0.844 bits per heavy atom. The minimum Gasteiger partial charge on any atom is -0.489 e. The van der Waals surface area contributed by atoms with E-state index in [9.17, 15) is 4.79 Å². The van der Waals surface area contributed by atoms with Crippen LogP contribution in [0.25, 0.3) is 0 Å². The molecule has 1 saturated heterocycles. The zero-order chi connectivity index (χ0) is 22.3. The van der Waals surface area contributed by atoms with Crippen LogP contribution < -0.4 is 4.74 Å². The van der Waals surface area contributed by atoms with E-state index in [-0.39, 0.29) is 5.91 Å². The smallest absolute Gasteiger partial charge is 0.253 e. The van der Waals surface area contributed by atoms with Crippen LogP contribution in [0.5, 0.6) is 5.75 Å². The summed E-state index contributed by atoms with van der Waals surface area (Å²) in [6.07, 6.45) is 1.02. The van der Waals surface area contributed by atoms with E-state index in [1.54, 1.807) is 0 Å². The Balaban J connectivity index is 1.30. The van der Waals surface area contributed by atoms with Crippen molar-refractivity contribution in [2.45, 2.75) is 33.4 Å². The minimum atomic E-state index is 0.106. The minimum absolute atomic E-state index is 0.106. The maximum Gasteiger partial charge on any atom is 0.253 e. The van der Waals surface area contributed by atoms with Crippen molar-refractivity contribution in [3.05, 3.63) is 101 Å². The molecule has 0 spiro atoms. The van der Waals surface area contributed by atoms with E-state index < -0.39 is 0 Å². The number of aryl methyl sites for hydroxylation is 2. The van der Waals surface area contributed by atoms with Gasteiger partial charge < -0.3 is 9.64 Å². The molecule has 1 aliphatic rings. The van der Waals surface area contributed by atoms with Crippen LogP contribution in [-0.2, 0) is 19.6 Å². The average Bonchev–Trinajstić information content (AvgIpc) is 2.83. The Hall–Kier alpha value is -3.11. The van der Waals surface area contributed by atoms with E-state index in [0.29, 0.717) is 6.61 Å². The number of rotatable bonds is 7. The third kappa shape index (κ3) is 5.77. The van der Waals surface area contributed by atoms with Gasteiger partial charge in [-0.2, -0.15) is 0 Å². The number of amides is 1. The molecule has 1 aliphatic heterocycles. The number of carbonyl (C=O) groups excluding carboxylic acids is 1. The van der Waals surface area contributed by atoms with Crippen molar-refractivity contribution >= 4 is 5.91 Å². The predicted molar refractivity (Wildman–Crippen MR) is 129 cm³/mol. The summed E-state index contributed by atoms with van der Waals surface area (Å²) in [7, 11) is 0. The van der Waals surface area contributed by atoms with Gasteiger partial charge in [0.25, 0.3) is 5.91 Å². The first-order valence-electron chi connectivity index (χ1n) is 11.5. The summed E-state index contributed by atoms with van der Waals surface area (Å²) in [6, 6.07) is 24.7. The standard InChI is InChI=1S/C28H32N2O2/c1-3-23-10-12-27(13-11-23)32-21-25-8-5-9-26(19-25)28(31)30-16-14-29(15-17-30)20-24-7-4-6-22(2)18-24/h4-13,18-19H,3,14-17,20-21H2,1-2H3. The highest BCUT2D eigenvalue weighted by molar-refractivity contribution is 5.94. The summed E-state index contributed by atoms with van der Waals surface area (Å²) in [5, 5.41) is 0. The van der Waals surface area contributed by atoms with Crippen LogP contribution in [-0.4, -0.2) is 41.9 Å². The molecule has 4 rings (SSSR count). The highest BCUT2D eigenvalue weighted by Gasteiger charge is 2.22. The number of hydrogen-bond donors (Lipinski definition) is 0. The van der Waals surface area contributed by atoms with Crippen molar-refractivity contribution in [2.75, 3.05) is 26.2 Å². The molecule has 1 heterocycles. The first kappa shape index (κ1) is 22.1. The second-order valence-electron chi connectivity index (χ2n) is 8.54. The molecule has 3 aromatic rings. The predicted octanol–water partition coefficient (Wildman–Crippen LogP) is 5.09. The normalized spacial score (nSPS) is 14.4. The van der Waals surface area contributed by atoms with E-state index >= 15 is 0 Å². The summed E-state index contributed by atoms with van der Waals surface area (Å²) in [6.45, 7) is 8.98. The Kier molecular flexibility index (Phi) is 7.23. The third-order valence-corrected chi connectivity index (χ3v) is 6.06. The zero-order valence-electron chi connectivity index (χ0n) is 19.1. The van der Waals surface area contributed by atoms with Crippen LogP contribution >= 0.6 is 0 Å². The quantitative estimate of drug-likeness (QED) is 0.525. The number of benzene rings is 3. The maximum atomic E-state index is 13.1. The number of hydrogen-bond acceptors (Lipinski definition) is 3. The topological polar surface area (TPSA) is 32.8 Å². The molecule has 0 radical (unpaired) electrons. The summed E-state index contributed by atoms with van der Waals surface area (Å²) in [4.78, 5) is 17.5. The van der Waals surface area contributed by atoms with Crippen LogP contribution in [0.4, 0.5) is 0 Å². The summed E-state index contributed by atoms with van der Waals surface area (Å²) in [5.41, 5.74) is 5.66. The van der Waals surface area contributed by atoms with E-state index in [1.807, 2.05) is 41.3 Å². The molecule has 0 N–H and O–H groups in total. The third-order valence-electron chi connectivity index (χ3n) is 6.06. The van der Waals surface area contributed by atoms with Gasteiger partial charge in [-0.25, -0.2) is 0 Å². The molecule has 0 saturated carbocycles. The highest BCUT2D eigenvalue weighted by Crippen LogP contribution is 2.17. The van der Waals surface area contributed by atoms with Gasteiger partial charge in [0.2, 0.25) is 0 Å². The second kappa shape index (κ2) is 10.5. The number of piperazine rings is 1. The SMILES string of the molecule is CCc1ccc(OCc2cccc(C(=O)N3CCN(Cc4cccc(C)c4)CC3)c2)cc1. The Morgan fingerprint density at radius 2 is 1.56 bits per heavy atom. The van der Waals surface area contributed by atoms with Crippen molar-refractivity contribution in [1.29, 1.82) is 0 Å². The van der Waals surface area contributed by atoms with Crippen molar-refractivity contribution in [1.82, 2.24) is 9.80 Å². The molecular weight excluding hydrogens is 396 g/mol. The molecule has 0 bridgehead atoms. The van der Waals surface area contributed by atoms with Gasteiger partial charge in [-0.15, -0.1) is 0 Å². The second-order valence-corrected chi connectivity index (χ2v) is 8.54. The zero-order valence-corrected chi connectivity index (χ0v) is 19.1. The fourth-order valence-electron chi connectivity index (χ4n) is 4.14. The lowest BCUT2D eigenvalue weighted by molar-refractivity contribution is 0.0628. The van der Waals surface area contributed by atoms with Crippen molar-refractivity contribution in [3.63, 3.8) is 0 Å². The Labute approximate surface area is 191 Å². The maximum absolute atomic E-state index is 13.1. The molecule has 4 heteroatoms. The molecule has 32 heavy (non-hydrogen) atoms. The molecule has 0 atom stereocenters. The van der Waals surface area contributed by atoms with Crippen molar-refractivity contribution < 1.29 is 9.53 Å². The van der Waals surface area contributed by atoms with E-state index in [4.69, 9.17) is 4.74 Å². The Bertz CT molecular complexity index is 1040. The number of ether oxygens (including phenoxy) is 1. The van der Waals surface area contributed by atoms with Crippen LogP contribution in [0.15, 0.2) is 72.8 Å². The van der Waals surface area contributed by atoms with Gasteiger partial charge >= 0.3 is 0 Å². The molecule has 1 fully saturated rings. The first-order valence-corrected chi connectivity index (χ1v) is 11.5. The van der Waals surface area contributed by atoms with Gasteiger partial charge in [0, 0.05) is 38.3 Å². The number of nitrogens with zero attached hydrogens (tertiary/aromatic N) is 2. The van der Waals surface area contributed by atoms with Gasteiger partial charge in [0.15, 0.2) is 0 Å². The summed E-state index contributed by atoms with van der Waals surface area (Å²) >= 11 is 0. The highest BCUT2D eigenvalue weighted by atomic mass is 16.5. The lowest BCUT2D eigenvalue weighted by Gasteiger charge is -2.35. The molecule has 0 aromatic heterocycles. The molecule has 3 aromatic carbocycles. The molecule has 0 aliphatic carbocycles. The van der Waals surface area contributed by atoms with Crippen molar-refractivity contribution in [3.8, 4) is 5.75 Å². The van der Waals surface area contributed by atoms with Gasteiger partial charge in [0.1, 0.15) is 12.4 Å². The van der Waals surface area contributed by atoms with Gasteiger partial charge in [-0.3, -0.25) is 9.69 Å². The average molecular weight is 429 g/mol. The van der Waals surface area contributed by atoms with Crippen LogP contribution in [0.3, 0.4) is 0 Å². The van der Waals surface area contributed by atoms with E-state index in [1.165, 1.54) is 16.7 Å². The molecule has 0 unspecified atom stereocenters. The van der Waals surface area contributed by atoms with E-state index in [0.717, 1.165) is 56.0 Å². The van der Waals surface area contributed by atoms with Crippen molar-refractivity contribution in [2.24, 2.45) is 0 Å². The molecule has 166 valence electrons. The van der Waals surface area contributed by atoms with Gasteiger partial charge in [-0.1, -0.05) is 61.0 Å². The largest absolute Gasteiger partial charge is 0.489 e.